The molecule has 11 heteroatoms. The molecule has 0 spiro atoms. The first-order chi connectivity index (χ1) is 14.6. The van der Waals surface area contributed by atoms with Gasteiger partial charge >= 0.3 is 6.18 Å². The Morgan fingerprint density at radius 3 is 2.47 bits per heavy atom. The standard InChI is InChI=1S/C21H31F3N4O3S/c1-19(2,3)28-17(21(22,23)24)15(11-25-28)18(29)26-16-6-5-12-7-13-9-20(8-12,10-14(13)16)27-32(4,30)31/h11-14,16,27H,5-10H2,1-4H3,(H,26,29). The lowest BCUT2D eigenvalue weighted by atomic mass is 9.76. The van der Waals surface area contributed by atoms with Gasteiger partial charge in [0.05, 0.1) is 23.6 Å². The molecular weight excluding hydrogens is 445 g/mol. The van der Waals surface area contributed by atoms with Crippen LogP contribution in [0.3, 0.4) is 0 Å². The molecule has 5 unspecified atom stereocenters. The number of alkyl halides is 3. The fourth-order valence-corrected chi connectivity index (χ4v) is 7.44. The van der Waals surface area contributed by atoms with Crippen LogP contribution < -0.4 is 10.0 Å². The predicted molar refractivity (Wildman–Crippen MR) is 112 cm³/mol. The monoisotopic (exact) mass is 476 g/mol. The summed E-state index contributed by atoms with van der Waals surface area (Å²) < 4.78 is 69.2. The first kappa shape index (κ1) is 23.5. The SMILES string of the molecule is CC(C)(C)n1ncc(C(=O)NC2CCC3CC4CC(NS(C)(=O)=O)(C3)CC42)c1C(F)(F)F. The number of hydrogen-bond acceptors (Lipinski definition) is 4. The summed E-state index contributed by atoms with van der Waals surface area (Å²) in [6, 6.07) is -0.292. The second-order valence-corrected chi connectivity index (χ2v) is 12.7. The Labute approximate surface area is 186 Å². The van der Waals surface area contributed by atoms with Gasteiger partial charge < -0.3 is 5.32 Å². The maximum atomic E-state index is 13.9. The molecule has 2 N–H and O–H groups in total. The minimum Gasteiger partial charge on any atom is -0.349 e. The molecule has 3 saturated carbocycles. The molecule has 0 aliphatic heterocycles. The zero-order chi connectivity index (χ0) is 23.7. The van der Waals surface area contributed by atoms with Crippen molar-refractivity contribution in [2.24, 2.45) is 17.8 Å². The minimum absolute atomic E-state index is 0.0349. The third-order valence-electron chi connectivity index (χ3n) is 7.24. The van der Waals surface area contributed by atoms with Crippen molar-refractivity contribution >= 4 is 15.9 Å². The molecular formula is C21H31F3N4O3S. The summed E-state index contributed by atoms with van der Waals surface area (Å²) >= 11 is 0. The van der Waals surface area contributed by atoms with Gasteiger partial charge in [0.1, 0.15) is 0 Å². The average molecular weight is 477 g/mol. The van der Waals surface area contributed by atoms with E-state index >= 15 is 0 Å². The lowest BCUT2D eigenvalue weighted by Gasteiger charge is -2.38. The number of carbonyl (C=O) groups excluding carboxylic acids is 1. The zero-order valence-corrected chi connectivity index (χ0v) is 19.6. The third kappa shape index (κ3) is 4.42. The van der Waals surface area contributed by atoms with Crippen LogP contribution in [0.2, 0.25) is 0 Å². The summed E-state index contributed by atoms with van der Waals surface area (Å²) in [6.07, 6.45) is 1.99. The van der Waals surface area contributed by atoms with Gasteiger partial charge in [0.15, 0.2) is 5.69 Å². The van der Waals surface area contributed by atoms with Crippen molar-refractivity contribution in [2.45, 2.75) is 82.6 Å². The van der Waals surface area contributed by atoms with E-state index in [0.717, 1.165) is 36.4 Å². The number of carbonyl (C=O) groups is 1. The molecule has 3 aliphatic rings. The molecule has 3 bridgehead atoms. The largest absolute Gasteiger partial charge is 0.433 e. The Morgan fingerprint density at radius 2 is 1.88 bits per heavy atom. The van der Waals surface area contributed by atoms with Gasteiger partial charge in [-0.1, -0.05) is 0 Å². The molecule has 3 fully saturated rings. The highest BCUT2D eigenvalue weighted by molar-refractivity contribution is 7.88. The number of sulfonamides is 1. The first-order valence-electron chi connectivity index (χ1n) is 11.0. The van der Waals surface area contributed by atoms with E-state index < -0.39 is 44.4 Å². The van der Waals surface area contributed by atoms with Gasteiger partial charge in [0, 0.05) is 11.6 Å². The van der Waals surface area contributed by atoms with Crippen LogP contribution in [0.5, 0.6) is 0 Å². The maximum Gasteiger partial charge on any atom is 0.433 e. The summed E-state index contributed by atoms with van der Waals surface area (Å²) in [5.74, 6) is -0.142. The van der Waals surface area contributed by atoms with Crippen LogP contribution in [-0.4, -0.2) is 41.9 Å². The molecule has 0 radical (unpaired) electrons. The lowest BCUT2D eigenvalue weighted by molar-refractivity contribution is -0.146. The number of fused-ring (bicyclic) bond motifs is 2. The summed E-state index contributed by atoms with van der Waals surface area (Å²) in [7, 11) is -3.39. The zero-order valence-electron chi connectivity index (χ0n) is 18.8. The van der Waals surface area contributed by atoms with Crippen LogP contribution in [-0.2, 0) is 21.7 Å². The van der Waals surface area contributed by atoms with Crippen molar-refractivity contribution in [1.29, 1.82) is 0 Å². The molecule has 4 rings (SSSR count). The van der Waals surface area contributed by atoms with Gasteiger partial charge in [0.2, 0.25) is 10.0 Å². The van der Waals surface area contributed by atoms with E-state index in [1.54, 1.807) is 20.8 Å². The molecule has 5 atom stereocenters. The molecule has 7 nitrogen and oxygen atoms in total. The minimum atomic E-state index is -4.72. The van der Waals surface area contributed by atoms with Crippen molar-refractivity contribution < 1.29 is 26.4 Å². The van der Waals surface area contributed by atoms with E-state index in [2.05, 4.69) is 15.1 Å². The fraction of sp³-hybridized carbons (Fsp3) is 0.810. The Hall–Kier alpha value is -1.62. The quantitative estimate of drug-likeness (QED) is 0.698. The number of nitrogens with one attached hydrogen (secondary N) is 2. The van der Waals surface area contributed by atoms with Crippen LogP contribution in [0.25, 0.3) is 0 Å². The highest BCUT2D eigenvalue weighted by Crippen LogP contribution is 2.55. The van der Waals surface area contributed by atoms with Crippen LogP contribution >= 0.6 is 0 Å². The smallest absolute Gasteiger partial charge is 0.349 e. The lowest BCUT2D eigenvalue weighted by Crippen LogP contribution is -2.50. The summed E-state index contributed by atoms with van der Waals surface area (Å²) in [5.41, 5.74) is -2.96. The molecule has 180 valence electrons. The van der Waals surface area contributed by atoms with Gasteiger partial charge in [-0.3, -0.25) is 9.48 Å². The predicted octanol–water partition coefficient (Wildman–Crippen LogP) is 3.27. The van der Waals surface area contributed by atoms with E-state index in [1.807, 2.05) is 0 Å². The van der Waals surface area contributed by atoms with Crippen molar-refractivity contribution in [1.82, 2.24) is 19.8 Å². The van der Waals surface area contributed by atoms with Gasteiger partial charge in [-0.05, 0) is 77.0 Å². The van der Waals surface area contributed by atoms with E-state index in [1.165, 1.54) is 0 Å². The highest BCUT2D eigenvalue weighted by atomic mass is 32.2. The van der Waals surface area contributed by atoms with Crippen LogP contribution in [0, 0.1) is 17.8 Å². The molecule has 3 aliphatic carbocycles. The number of halogens is 3. The second-order valence-electron chi connectivity index (χ2n) is 10.9. The van der Waals surface area contributed by atoms with Crippen LogP contribution in [0.15, 0.2) is 6.20 Å². The van der Waals surface area contributed by atoms with Crippen molar-refractivity contribution in [2.75, 3.05) is 6.26 Å². The Bertz CT molecular complexity index is 1010. The topological polar surface area (TPSA) is 93.1 Å². The molecule has 1 amide bonds. The molecule has 1 aromatic rings. The van der Waals surface area contributed by atoms with E-state index in [9.17, 15) is 26.4 Å². The number of rotatable bonds is 4. The van der Waals surface area contributed by atoms with E-state index in [0.29, 0.717) is 25.2 Å². The fourth-order valence-electron chi connectivity index (χ4n) is 6.40. The Balaban J connectivity index is 1.60. The summed E-state index contributed by atoms with van der Waals surface area (Å²) in [6.45, 7) is 4.81. The highest BCUT2D eigenvalue weighted by Gasteiger charge is 2.55. The Kier molecular flexibility index (Phi) is 5.48. The first-order valence-corrected chi connectivity index (χ1v) is 12.9. The third-order valence-corrected chi connectivity index (χ3v) is 8.04. The molecule has 32 heavy (non-hydrogen) atoms. The molecule has 0 saturated heterocycles. The summed E-state index contributed by atoms with van der Waals surface area (Å²) in [4.78, 5) is 13.0. The van der Waals surface area contributed by atoms with Gasteiger partial charge in [-0.2, -0.15) is 18.3 Å². The van der Waals surface area contributed by atoms with Crippen LogP contribution in [0.1, 0.15) is 75.3 Å². The summed E-state index contributed by atoms with van der Waals surface area (Å²) in [5, 5.41) is 6.76. The second kappa shape index (κ2) is 7.44. The molecule has 1 heterocycles. The van der Waals surface area contributed by atoms with Gasteiger partial charge in [-0.15, -0.1) is 0 Å². The number of nitrogens with zero attached hydrogens (tertiary/aromatic N) is 2. The van der Waals surface area contributed by atoms with Crippen molar-refractivity contribution in [3.63, 3.8) is 0 Å². The molecule has 1 aromatic heterocycles. The molecule has 0 aromatic carbocycles. The normalized spacial score (nSPS) is 32.7. The van der Waals surface area contributed by atoms with Crippen molar-refractivity contribution in [3.8, 4) is 0 Å². The van der Waals surface area contributed by atoms with Crippen molar-refractivity contribution in [3.05, 3.63) is 17.5 Å². The van der Waals surface area contributed by atoms with E-state index in [4.69, 9.17) is 0 Å². The van der Waals surface area contributed by atoms with Gasteiger partial charge in [0.25, 0.3) is 5.91 Å². The maximum absolute atomic E-state index is 13.9. The Morgan fingerprint density at radius 1 is 1.19 bits per heavy atom. The van der Waals surface area contributed by atoms with Gasteiger partial charge in [-0.25, -0.2) is 13.1 Å². The average Bonchev–Trinajstić information content (AvgIpc) is 3.13. The van der Waals surface area contributed by atoms with Crippen LogP contribution in [0.4, 0.5) is 13.2 Å². The number of amides is 1. The number of aromatic nitrogens is 2. The van der Waals surface area contributed by atoms with E-state index in [-0.39, 0.29) is 17.9 Å². The number of hydrogen-bond donors (Lipinski definition) is 2.